The Kier molecular flexibility index (Phi) is 4.41. The van der Waals surface area contributed by atoms with Gasteiger partial charge in [0.2, 0.25) is 0 Å². The van der Waals surface area contributed by atoms with Crippen molar-refractivity contribution in [1.29, 1.82) is 0 Å². The molecule has 0 fully saturated rings. The van der Waals surface area contributed by atoms with E-state index in [9.17, 15) is 18.0 Å². The third kappa shape index (κ3) is 3.27. The molecule has 0 aliphatic heterocycles. The Labute approximate surface area is 96.0 Å². The lowest BCUT2D eigenvalue weighted by Gasteiger charge is -2.10. The van der Waals surface area contributed by atoms with Gasteiger partial charge in [0.25, 0.3) is 0 Å². The number of alkyl halides is 3. The summed E-state index contributed by atoms with van der Waals surface area (Å²) in [4.78, 5) is 11.0. The highest BCUT2D eigenvalue weighted by Crippen LogP contribution is 2.34. The van der Waals surface area contributed by atoms with Gasteiger partial charge in [0, 0.05) is 10.5 Å². The van der Waals surface area contributed by atoms with Gasteiger partial charge in [0.15, 0.2) is 6.29 Å². The molecular formula is C11H11F3OS. The monoisotopic (exact) mass is 248 g/mol. The molecule has 0 aliphatic rings. The molecule has 1 aromatic rings. The zero-order valence-corrected chi connectivity index (χ0v) is 9.49. The fourth-order valence-corrected chi connectivity index (χ4v) is 2.00. The largest absolute Gasteiger partial charge is 0.417 e. The van der Waals surface area contributed by atoms with Crippen LogP contribution in [0.25, 0.3) is 0 Å². The maximum atomic E-state index is 12.6. The Balaban J connectivity index is 3.06. The molecule has 0 unspecified atom stereocenters. The Bertz CT molecular complexity index is 374. The fourth-order valence-electron chi connectivity index (χ4n) is 1.19. The van der Waals surface area contributed by atoms with Gasteiger partial charge in [-0.05, 0) is 30.4 Å². The second kappa shape index (κ2) is 5.39. The minimum absolute atomic E-state index is 0.233. The van der Waals surface area contributed by atoms with E-state index in [4.69, 9.17) is 0 Å². The van der Waals surface area contributed by atoms with Crippen molar-refractivity contribution >= 4 is 18.0 Å². The van der Waals surface area contributed by atoms with E-state index in [0.717, 1.165) is 18.2 Å². The number of aldehydes is 1. The SMILES string of the molecule is CCCSc1ccc(C=O)c(C(F)(F)F)c1. The van der Waals surface area contributed by atoms with Crippen LogP contribution in [0.5, 0.6) is 0 Å². The molecule has 1 aromatic carbocycles. The normalized spacial score (nSPS) is 11.5. The molecule has 0 saturated carbocycles. The van der Waals surface area contributed by atoms with Gasteiger partial charge in [-0.3, -0.25) is 4.79 Å². The minimum Gasteiger partial charge on any atom is -0.298 e. The molecule has 88 valence electrons. The number of rotatable bonds is 4. The van der Waals surface area contributed by atoms with Gasteiger partial charge in [-0.1, -0.05) is 6.92 Å². The summed E-state index contributed by atoms with van der Waals surface area (Å²) >= 11 is 1.35. The summed E-state index contributed by atoms with van der Waals surface area (Å²) in [6.45, 7) is 1.96. The van der Waals surface area contributed by atoms with Crippen LogP contribution in [0, 0.1) is 0 Å². The molecule has 0 aromatic heterocycles. The van der Waals surface area contributed by atoms with Crippen LogP contribution in [0.4, 0.5) is 13.2 Å². The number of carbonyl (C=O) groups is 1. The highest BCUT2D eigenvalue weighted by Gasteiger charge is 2.33. The predicted octanol–water partition coefficient (Wildman–Crippen LogP) is 4.02. The highest BCUT2D eigenvalue weighted by atomic mass is 32.2. The van der Waals surface area contributed by atoms with Gasteiger partial charge in [0.05, 0.1) is 5.56 Å². The van der Waals surface area contributed by atoms with Gasteiger partial charge in [0.1, 0.15) is 0 Å². The molecule has 0 atom stereocenters. The third-order valence-corrected chi connectivity index (χ3v) is 3.13. The standard InChI is InChI=1S/C11H11F3OS/c1-2-5-16-9-4-3-8(7-15)10(6-9)11(12,13)14/h3-4,6-7H,2,5H2,1H3. The van der Waals surface area contributed by atoms with Crippen molar-refractivity contribution in [3.63, 3.8) is 0 Å². The summed E-state index contributed by atoms with van der Waals surface area (Å²) in [6, 6.07) is 3.79. The molecular weight excluding hydrogens is 237 g/mol. The van der Waals surface area contributed by atoms with Gasteiger partial charge in [-0.2, -0.15) is 13.2 Å². The van der Waals surface area contributed by atoms with E-state index in [1.165, 1.54) is 17.8 Å². The van der Waals surface area contributed by atoms with E-state index in [1.54, 1.807) is 6.07 Å². The van der Waals surface area contributed by atoms with Crippen molar-refractivity contribution in [2.24, 2.45) is 0 Å². The first-order valence-corrected chi connectivity index (χ1v) is 5.76. The van der Waals surface area contributed by atoms with Gasteiger partial charge in [-0.25, -0.2) is 0 Å². The van der Waals surface area contributed by atoms with Gasteiger partial charge in [-0.15, -0.1) is 11.8 Å². The van der Waals surface area contributed by atoms with Crippen LogP contribution in [-0.4, -0.2) is 12.0 Å². The number of hydrogen-bond acceptors (Lipinski definition) is 2. The maximum absolute atomic E-state index is 12.6. The fraction of sp³-hybridized carbons (Fsp3) is 0.364. The molecule has 0 radical (unpaired) electrons. The van der Waals surface area contributed by atoms with Crippen LogP contribution in [0.3, 0.4) is 0 Å². The maximum Gasteiger partial charge on any atom is 0.417 e. The summed E-state index contributed by atoms with van der Waals surface area (Å²) in [5, 5.41) is 0. The number of benzene rings is 1. The van der Waals surface area contributed by atoms with Crippen molar-refractivity contribution in [2.75, 3.05) is 5.75 Å². The molecule has 0 spiro atoms. The van der Waals surface area contributed by atoms with Crippen LogP contribution < -0.4 is 0 Å². The third-order valence-electron chi connectivity index (χ3n) is 1.93. The molecule has 0 heterocycles. The smallest absolute Gasteiger partial charge is 0.298 e. The zero-order valence-electron chi connectivity index (χ0n) is 8.67. The lowest BCUT2D eigenvalue weighted by Crippen LogP contribution is -2.08. The van der Waals surface area contributed by atoms with E-state index in [2.05, 4.69) is 0 Å². The quantitative estimate of drug-likeness (QED) is 0.591. The van der Waals surface area contributed by atoms with Crippen LogP contribution in [-0.2, 0) is 6.18 Å². The van der Waals surface area contributed by atoms with Crippen LogP contribution in [0.15, 0.2) is 23.1 Å². The zero-order chi connectivity index (χ0) is 12.2. The van der Waals surface area contributed by atoms with Crippen molar-refractivity contribution in [3.8, 4) is 0 Å². The Morgan fingerprint density at radius 2 is 2.06 bits per heavy atom. The van der Waals surface area contributed by atoms with Crippen molar-refractivity contribution < 1.29 is 18.0 Å². The second-order valence-electron chi connectivity index (χ2n) is 3.21. The summed E-state index contributed by atoms with van der Waals surface area (Å²) in [6.07, 6.45) is -3.35. The highest BCUT2D eigenvalue weighted by molar-refractivity contribution is 7.99. The van der Waals surface area contributed by atoms with Crippen molar-refractivity contribution in [3.05, 3.63) is 29.3 Å². The Morgan fingerprint density at radius 3 is 2.56 bits per heavy atom. The molecule has 0 N–H and O–H groups in total. The second-order valence-corrected chi connectivity index (χ2v) is 4.38. The van der Waals surface area contributed by atoms with Crippen molar-refractivity contribution in [2.45, 2.75) is 24.4 Å². The minimum atomic E-state index is -4.47. The Hall–Kier alpha value is -0.970. The average Bonchev–Trinajstić information content (AvgIpc) is 2.24. The first-order valence-electron chi connectivity index (χ1n) is 4.78. The molecule has 0 amide bonds. The molecule has 0 bridgehead atoms. The van der Waals surface area contributed by atoms with Gasteiger partial charge < -0.3 is 0 Å². The van der Waals surface area contributed by atoms with Crippen LogP contribution in [0.2, 0.25) is 0 Å². The average molecular weight is 248 g/mol. The molecule has 0 aliphatic carbocycles. The number of carbonyl (C=O) groups excluding carboxylic acids is 1. The van der Waals surface area contributed by atoms with E-state index >= 15 is 0 Å². The summed E-state index contributed by atoms with van der Waals surface area (Å²) in [5.74, 6) is 0.762. The summed E-state index contributed by atoms with van der Waals surface area (Å²) < 4.78 is 37.7. The Morgan fingerprint density at radius 1 is 1.38 bits per heavy atom. The first kappa shape index (κ1) is 13.1. The van der Waals surface area contributed by atoms with E-state index in [1.807, 2.05) is 6.92 Å². The van der Waals surface area contributed by atoms with Crippen molar-refractivity contribution in [1.82, 2.24) is 0 Å². The summed E-state index contributed by atoms with van der Waals surface area (Å²) in [5.41, 5.74) is -1.17. The number of thioether (sulfide) groups is 1. The van der Waals surface area contributed by atoms with Crippen LogP contribution in [0.1, 0.15) is 29.3 Å². The van der Waals surface area contributed by atoms with E-state index in [0.29, 0.717) is 4.90 Å². The molecule has 16 heavy (non-hydrogen) atoms. The topological polar surface area (TPSA) is 17.1 Å². The van der Waals surface area contributed by atoms with E-state index in [-0.39, 0.29) is 11.8 Å². The molecule has 5 heteroatoms. The number of halogens is 3. The molecule has 0 saturated heterocycles. The summed E-state index contributed by atoms with van der Waals surface area (Å²) in [7, 11) is 0. The lowest BCUT2D eigenvalue weighted by atomic mass is 10.1. The van der Waals surface area contributed by atoms with Crippen LogP contribution >= 0.6 is 11.8 Å². The van der Waals surface area contributed by atoms with E-state index < -0.39 is 11.7 Å². The molecule has 1 nitrogen and oxygen atoms in total. The molecule has 1 rings (SSSR count). The first-order chi connectivity index (χ1) is 7.49. The predicted molar refractivity (Wildman–Crippen MR) is 57.8 cm³/mol. The number of hydrogen-bond donors (Lipinski definition) is 0. The lowest BCUT2D eigenvalue weighted by molar-refractivity contribution is -0.138. The van der Waals surface area contributed by atoms with Gasteiger partial charge >= 0.3 is 6.18 Å².